The van der Waals surface area contributed by atoms with Crippen LogP contribution in [0.1, 0.15) is 5.69 Å². The van der Waals surface area contributed by atoms with Gasteiger partial charge < -0.3 is 10.5 Å². The number of anilines is 1. The van der Waals surface area contributed by atoms with Gasteiger partial charge in [-0.05, 0) is 6.07 Å². The number of fused-ring (bicyclic) bond motifs is 1. The first-order valence-electron chi connectivity index (χ1n) is 4.36. The number of aromatic amines is 1. The van der Waals surface area contributed by atoms with Crippen LogP contribution < -0.4 is 5.73 Å². The number of pyridine rings is 1. The van der Waals surface area contributed by atoms with Crippen molar-refractivity contribution in [3.63, 3.8) is 0 Å². The van der Waals surface area contributed by atoms with E-state index >= 15 is 0 Å². The Labute approximate surface area is 85.4 Å². The van der Waals surface area contributed by atoms with Gasteiger partial charge in [-0.15, -0.1) is 0 Å². The number of esters is 1. The van der Waals surface area contributed by atoms with Crippen LogP contribution in [0, 0.1) is 0 Å². The van der Waals surface area contributed by atoms with E-state index in [1.807, 2.05) is 0 Å². The Morgan fingerprint density at radius 3 is 3.20 bits per heavy atom. The number of methoxy groups -OCH3 is 1. The molecular weight excluding hydrogens is 196 g/mol. The highest BCUT2D eigenvalue weighted by molar-refractivity contribution is 5.84. The average molecular weight is 206 g/mol. The second-order valence-electron chi connectivity index (χ2n) is 3.09. The topological polar surface area (TPSA) is 93.9 Å². The Hall–Kier alpha value is -2.11. The first-order chi connectivity index (χ1) is 7.20. The van der Waals surface area contributed by atoms with Crippen LogP contribution in [-0.4, -0.2) is 28.3 Å². The third-order valence-corrected chi connectivity index (χ3v) is 2.06. The molecule has 15 heavy (non-hydrogen) atoms. The molecule has 0 radical (unpaired) electrons. The summed E-state index contributed by atoms with van der Waals surface area (Å²) < 4.78 is 4.56. The van der Waals surface area contributed by atoms with E-state index in [1.54, 1.807) is 6.07 Å². The summed E-state index contributed by atoms with van der Waals surface area (Å²) in [5, 5.41) is 7.44. The van der Waals surface area contributed by atoms with Crippen molar-refractivity contribution in [2.45, 2.75) is 6.42 Å². The highest BCUT2D eigenvalue weighted by atomic mass is 16.5. The molecule has 0 aliphatic rings. The number of carbonyl (C=O) groups excluding carboxylic acids is 1. The molecule has 0 aliphatic heterocycles. The van der Waals surface area contributed by atoms with Crippen molar-refractivity contribution in [3.8, 4) is 0 Å². The number of hydrogen-bond acceptors (Lipinski definition) is 5. The minimum atomic E-state index is -0.331. The van der Waals surface area contributed by atoms with Crippen LogP contribution in [0.4, 0.5) is 5.69 Å². The van der Waals surface area contributed by atoms with E-state index in [-0.39, 0.29) is 12.4 Å². The lowest BCUT2D eigenvalue weighted by Gasteiger charge is -1.97. The predicted octanol–water partition coefficient (Wildman–Crippen LogP) is 0.256. The highest BCUT2D eigenvalue weighted by Crippen LogP contribution is 2.16. The van der Waals surface area contributed by atoms with Gasteiger partial charge in [0, 0.05) is 5.39 Å². The van der Waals surface area contributed by atoms with Crippen LogP contribution in [0.25, 0.3) is 11.0 Å². The molecule has 6 nitrogen and oxygen atoms in total. The number of nitrogen functional groups attached to an aromatic ring is 1. The van der Waals surface area contributed by atoms with E-state index in [0.29, 0.717) is 17.0 Å². The molecule has 0 saturated heterocycles. The number of nitrogens with zero attached hydrogens (tertiary/aromatic N) is 2. The minimum Gasteiger partial charge on any atom is -0.469 e. The SMILES string of the molecule is COC(=O)Cc1[nH]nc2ncc(N)cc12. The summed E-state index contributed by atoms with van der Waals surface area (Å²) in [5.74, 6) is -0.331. The molecule has 2 aromatic rings. The molecule has 6 heteroatoms. The molecule has 0 aromatic carbocycles. The normalized spacial score (nSPS) is 10.5. The summed E-state index contributed by atoms with van der Waals surface area (Å²) in [7, 11) is 1.34. The van der Waals surface area contributed by atoms with Crippen LogP contribution in [0.3, 0.4) is 0 Å². The van der Waals surface area contributed by atoms with Crippen molar-refractivity contribution in [1.82, 2.24) is 15.2 Å². The molecule has 0 unspecified atom stereocenters. The van der Waals surface area contributed by atoms with Crippen LogP contribution in [0.5, 0.6) is 0 Å². The lowest BCUT2D eigenvalue weighted by atomic mass is 10.2. The predicted molar refractivity (Wildman–Crippen MR) is 54.0 cm³/mol. The van der Waals surface area contributed by atoms with E-state index < -0.39 is 0 Å². The molecule has 2 aromatic heterocycles. The number of aromatic nitrogens is 3. The zero-order chi connectivity index (χ0) is 10.8. The first-order valence-corrected chi connectivity index (χ1v) is 4.36. The quantitative estimate of drug-likeness (QED) is 0.687. The monoisotopic (exact) mass is 206 g/mol. The minimum absolute atomic E-state index is 0.137. The Bertz CT molecular complexity index is 506. The van der Waals surface area contributed by atoms with Crippen LogP contribution >= 0.6 is 0 Å². The summed E-state index contributed by atoms with van der Waals surface area (Å²) in [6, 6.07) is 1.73. The third kappa shape index (κ3) is 1.74. The summed E-state index contributed by atoms with van der Waals surface area (Å²) in [6.45, 7) is 0. The smallest absolute Gasteiger partial charge is 0.311 e. The van der Waals surface area contributed by atoms with Gasteiger partial charge in [0.1, 0.15) is 0 Å². The summed E-state index contributed by atoms with van der Waals surface area (Å²) in [5.41, 5.74) is 7.34. The Morgan fingerprint density at radius 1 is 1.67 bits per heavy atom. The molecule has 0 atom stereocenters. The number of H-pyrrole nitrogens is 1. The molecule has 78 valence electrons. The number of nitrogens with one attached hydrogen (secondary N) is 1. The largest absolute Gasteiger partial charge is 0.469 e. The fourth-order valence-electron chi connectivity index (χ4n) is 1.32. The molecule has 0 saturated carbocycles. The molecule has 0 aliphatic carbocycles. The van der Waals surface area contributed by atoms with Gasteiger partial charge in [-0.3, -0.25) is 9.89 Å². The van der Waals surface area contributed by atoms with Crippen LogP contribution in [0.15, 0.2) is 12.3 Å². The fraction of sp³-hybridized carbons (Fsp3) is 0.222. The first kappa shape index (κ1) is 9.45. The van der Waals surface area contributed by atoms with Gasteiger partial charge in [-0.2, -0.15) is 5.10 Å². The number of carbonyl (C=O) groups is 1. The maximum absolute atomic E-state index is 11.1. The second-order valence-corrected chi connectivity index (χ2v) is 3.09. The summed E-state index contributed by atoms with van der Waals surface area (Å²) in [6.07, 6.45) is 1.66. The lowest BCUT2D eigenvalue weighted by Crippen LogP contribution is -2.05. The number of ether oxygens (including phenoxy) is 1. The maximum atomic E-state index is 11.1. The van der Waals surface area contributed by atoms with Crippen molar-refractivity contribution < 1.29 is 9.53 Å². The number of nitrogens with two attached hydrogens (primary N) is 1. The molecule has 0 bridgehead atoms. The number of rotatable bonds is 2. The summed E-state index contributed by atoms with van der Waals surface area (Å²) in [4.78, 5) is 15.1. The van der Waals surface area contributed by atoms with Gasteiger partial charge in [0.25, 0.3) is 0 Å². The standard InChI is InChI=1S/C9H10N4O2/c1-15-8(14)3-7-6-2-5(10)4-11-9(6)13-12-7/h2,4H,3,10H2,1H3,(H,11,12,13). The van der Waals surface area contributed by atoms with E-state index in [4.69, 9.17) is 5.73 Å². The van der Waals surface area contributed by atoms with Gasteiger partial charge in [0.15, 0.2) is 5.65 Å². The molecule has 0 amide bonds. The van der Waals surface area contributed by atoms with Crippen molar-refractivity contribution in [3.05, 3.63) is 18.0 Å². The van der Waals surface area contributed by atoms with Crippen LogP contribution in [-0.2, 0) is 16.0 Å². The second kappa shape index (κ2) is 3.56. The van der Waals surface area contributed by atoms with Crippen LogP contribution in [0.2, 0.25) is 0 Å². The molecule has 2 heterocycles. The Morgan fingerprint density at radius 2 is 2.47 bits per heavy atom. The summed E-state index contributed by atoms with van der Waals surface area (Å²) >= 11 is 0. The zero-order valence-electron chi connectivity index (χ0n) is 8.15. The van der Waals surface area contributed by atoms with E-state index in [1.165, 1.54) is 13.3 Å². The van der Waals surface area contributed by atoms with E-state index in [2.05, 4.69) is 19.9 Å². The van der Waals surface area contributed by atoms with Gasteiger partial charge in [0.2, 0.25) is 0 Å². The van der Waals surface area contributed by atoms with Crippen molar-refractivity contribution in [2.24, 2.45) is 0 Å². The molecular formula is C9H10N4O2. The molecule has 0 fully saturated rings. The van der Waals surface area contributed by atoms with Crippen molar-refractivity contribution in [1.29, 1.82) is 0 Å². The Balaban J connectivity index is 2.43. The van der Waals surface area contributed by atoms with E-state index in [9.17, 15) is 4.79 Å². The molecule has 3 N–H and O–H groups in total. The third-order valence-electron chi connectivity index (χ3n) is 2.06. The number of hydrogen-bond donors (Lipinski definition) is 2. The van der Waals surface area contributed by atoms with Crippen molar-refractivity contribution >= 4 is 22.7 Å². The van der Waals surface area contributed by atoms with Gasteiger partial charge in [-0.25, -0.2) is 4.98 Å². The van der Waals surface area contributed by atoms with Gasteiger partial charge in [-0.1, -0.05) is 0 Å². The average Bonchev–Trinajstić information content (AvgIpc) is 2.61. The molecule has 0 spiro atoms. The van der Waals surface area contributed by atoms with Crippen molar-refractivity contribution in [2.75, 3.05) is 12.8 Å². The maximum Gasteiger partial charge on any atom is 0.311 e. The lowest BCUT2D eigenvalue weighted by molar-refractivity contribution is -0.139. The Kier molecular flexibility index (Phi) is 2.24. The fourth-order valence-corrected chi connectivity index (χ4v) is 1.32. The zero-order valence-corrected chi connectivity index (χ0v) is 8.15. The van der Waals surface area contributed by atoms with E-state index in [0.717, 1.165) is 5.39 Å². The van der Waals surface area contributed by atoms with Gasteiger partial charge >= 0.3 is 5.97 Å². The highest BCUT2D eigenvalue weighted by Gasteiger charge is 2.10. The van der Waals surface area contributed by atoms with Gasteiger partial charge in [0.05, 0.1) is 31.1 Å². The molecule has 2 rings (SSSR count).